The Morgan fingerprint density at radius 3 is 2.37 bits per heavy atom. The number of ether oxygens (including phenoxy) is 2. The molecule has 3 aromatic rings. The molecule has 2 aromatic carbocycles. The second-order valence-corrected chi connectivity index (χ2v) is 13.9. The van der Waals surface area contributed by atoms with Gasteiger partial charge in [-0.2, -0.15) is 4.39 Å². The van der Waals surface area contributed by atoms with Crippen LogP contribution in [0, 0.1) is 28.4 Å². The van der Waals surface area contributed by atoms with E-state index in [0.717, 1.165) is 44.5 Å². The maximum atomic E-state index is 16.0. The number of benzene rings is 2. The molecule has 1 unspecified atom stereocenters. The highest BCUT2D eigenvalue weighted by Crippen LogP contribution is 2.65. The Morgan fingerprint density at radius 2 is 1.74 bits per heavy atom. The van der Waals surface area contributed by atoms with Gasteiger partial charge < -0.3 is 19.3 Å². The maximum Gasteiger partial charge on any atom is 0.271 e. The standard InChI is InChI=1S/C30H32ClF3N4O4S/c1-36-16-30(17-36)10-9-29(30)11-12-37(18-29)22-14-21(32)28(27(34)26(22)31)43(39,40)38(25-6-4-5-24(33)35-25)15-19-7-8-20(41-2)13-23(19)42-3/h4-8,13-14H,9-12,15-18H2,1-3H3. The Bertz CT molecular complexity index is 1690. The molecule has 2 aliphatic heterocycles. The van der Waals surface area contributed by atoms with E-state index in [1.807, 2.05) is 4.90 Å². The molecule has 6 rings (SSSR count). The molecule has 0 radical (unpaired) electrons. The van der Waals surface area contributed by atoms with Crippen molar-refractivity contribution in [2.24, 2.45) is 10.8 Å². The third-order valence-electron chi connectivity index (χ3n) is 9.46. The number of halogens is 4. The first-order valence-corrected chi connectivity index (χ1v) is 15.7. The first-order valence-electron chi connectivity index (χ1n) is 13.9. The van der Waals surface area contributed by atoms with Gasteiger partial charge in [0.15, 0.2) is 10.7 Å². The van der Waals surface area contributed by atoms with Crippen LogP contribution in [0.15, 0.2) is 47.4 Å². The summed E-state index contributed by atoms with van der Waals surface area (Å²) in [4.78, 5) is 6.59. The number of hydrogen-bond donors (Lipinski definition) is 0. The summed E-state index contributed by atoms with van der Waals surface area (Å²) in [6.07, 6.45) is 3.04. The van der Waals surface area contributed by atoms with E-state index < -0.39 is 44.1 Å². The Kier molecular flexibility index (Phi) is 7.45. The van der Waals surface area contributed by atoms with Crippen LogP contribution >= 0.6 is 11.6 Å². The second kappa shape index (κ2) is 10.7. The third kappa shape index (κ3) is 4.78. The molecule has 3 heterocycles. The lowest BCUT2D eigenvalue weighted by atomic mass is 9.45. The minimum absolute atomic E-state index is 0.0534. The molecule has 1 atom stereocenters. The SMILES string of the molecule is COc1ccc(CN(c2cccc(F)n2)S(=O)(=O)c2c(F)cc(N3CCC4(CCC45CN(C)C5)C3)c(Cl)c2F)c(OC)c1. The van der Waals surface area contributed by atoms with E-state index in [1.165, 1.54) is 32.4 Å². The van der Waals surface area contributed by atoms with Crippen molar-refractivity contribution in [3.63, 3.8) is 0 Å². The molecule has 13 heteroatoms. The van der Waals surface area contributed by atoms with Crippen LogP contribution in [0.2, 0.25) is 5.02 Å². The number of fused-ring (bicyclic) bond motifs is 1. The van der Waals surface area contributed by atoms with Crippen LogP contribution in [0.3, 0.4) is 0 Å². The predicted molar refractivity (Wildman–Crippen MR) is 157 cm³/mol. The van der Waals surface area contributed by atoms with E-state index in [2.05, 4.69) is 16.9 Å². The zero-order chi connectivity index (χ0) is 30.7. The summed E-state index contributed by atoms with van der Waals surface area (Å²) in [6.45, 7) is 2.68. The Hall–Kier alpha value is -3.22. The average molecular weight is 637 g/mol. The monoisotopic (exact) mass is 636 g/mol. The molecule has 8 nitrogen and oxygen atoms in total. The lowest BCUT2D eigenvalue weighted by Crippen LogP contribution is -2.69. The second-order valence-electron chi connectivity index (χ2n) is 11.7. The van der Waals surface area contributed by atoms with E-state index in [0.29, 0.717) is 28.7 Å². The van der Waals surface area contributed by atoms with Gasteiger partial charge in [-0.05, 0) is 56.0 Å². The number of nitrogens with zero attached hydrogens (tertiary/aromatic N) is 4. The van der Waals surface area contributed by atoms with Crippen molar-refractivity contribution in [2.45, 2.75) is 30.7 Å². The van der Waals surface area contributed by atoms with Crippen molar-refractivity contribution in [1.29, 1.82) is 0 Å². The van der Waals surface area contributed by atoms with Gasteiger partial charge in [-0.1, -0.05) is 17.7 Å². The van der Waals surface area contributed by atoms with Crippen LogP contribution in [-0.2, 0) is 16.6 Å². The molecule has 1 aliphatic carbocycles. The zero-order valence-electron chi connectivity index (χ0n) is 24.0. The molecular formula is C30H32ClF3N4O4S. The van der Waals surface area contributed by atoms with E-state index in [1.54, 1.807) is 12.1 Å². The summed E-state index contributed by atoms with van der Waals surface area (Å²) in [5.74, 6) is -3.36. The van der Waals surface area contributed by atoms with Gasteiger partial charge in [-0.15, -0.1) is 0 Å². The molecule has 1 aromatic heterocycles. The van der Waals surface area contributed by atoms with Crippen molar-refractivity contribution in [3.05, 3.63) is 70.6 Å². The van der Waals surface area contributed by atoms with Crippen molar-refractivity contribution >= 4 is 33.1 Å². The Morgan fingerprint density at radius 1 is 1.00 bits per heavy atom. The van der Waals surface area contributed by atoms with Crippen LogP contribution in [0.4, 0.5) is 24.7 Å². The summed E-state index contributed by atoms with van der Waals surface area (Å²) >= 11 is 6.49. The van der Waals surface area contributed by atoms with E-state index >= 15 is 8.78 Å². The summed E-state index contributed by atoms with van der Waals surface area (Å²) in [7, 11) is -0.0906. The van der Waals surface area contributed by atoms with E-state index in [-0.39, 0.29) is 28.1 Å². The third-order valence-corrected chi connectivity index (χ3v) is 11.6. The highest BCUT2D eigenvalue weighted by molar-refractivity contribution is 7.92. The van der Waals surface area contributed by atoms with Crippen LogP contribution in [0.1, 0.15) is 24.8 Å². The molecule has 0 bridgehead atoms. The normalized spacial score (nSPS) is 21.1. The average Bonchev–Trinajstić information content (AvgIpc) is 3.43. The number of hydrogen-bond acceptors (Lipinski definition) is 7. The molecule has 2 saturated heterocycles. The van der Waals surface area contributed by atoms with Gasteiger partial charge in [-0.3, -0.25) is 0 Å². The molecule has 3 aliphatic rings. The minimum atomic E-state index is -5.01. The summed E-state index contributed by atoms with van der Waals surface area (Å²) in [5, 5.41) is -0.481. The van der Waals surface area contributed by atoms with Gasteiger partial charge in [0.25, 0.3) is 10.0 Å². The van der Waals surface area contributed by atoms with Gasteiger partial charge in [0.1, 0.15) is 28.2 Å². The van der Waals surface area contributed by atoms with Crippen LogP contribution in [0.25, 0.3) is 0 Å². The fourth-order valence-electron chi connectivity index (χ4n) is 7.13. The van der Waals surface area contributed by atoms with Gasteiger partial charge in [0, 0.05) is 49.3 Å². The largest absolute Gasteiger partial charge is 0.497 e. The van der Waals surface area contributed by atoms with Crippen LogP contribution in [0.5, 0.6) is 11.5 Å². The number of aromatic nitrogens is 1. The Balaban J connectivity index is 1.38. The first-order chi connectivity index (χ1) is 20.4. The molecule has 0 amide bonds. The van der Waals surface area contributed by atoms with Crippen molar-refractivity contribution in [1.82, 2.24) is 9.88 Å². The fraction of sp³-hybridized carbons (Fsp3) is 0.433. The first kappa shape index (κ1) is 29.8. The lowest BCUT2D eigenvalue weighted by Gasteiger charge is -2.66. The van der Waals surface area contributed by atoms with Crippen molar-refractivity contribution in [3.8, 4) is 11.5 Å². The number of pyridine rings is 1. The van der Waals surface area contributed by atoms with Gasteiger partial charge in [0.2, 0.25) is 5.95 Å². The maximum absolute atomic E-state index is 16.0. The smallest absolute Gasteiger partial charge is 0.271 e. The number of likely N-dealkylation sites (tertiary alicyclic amines) is 1. The molecule has 43 heavy (non-hydrogen) atoms. The molecule has 3 fully saturated rings. The topological polar surface area (TPSA) is 75.2 Å². The number of anilines is 2. The van der Waals surface area contributed by atoms with Crippen molar-refractivity contribution in [2.75, 3.05) is 56.7 Å². The van der Waals surface area contributed by atoms with E-state index in [4.69, 9.17) is 21.1 Å². The summed E-state index contributed by atoms with van der Waals surface area (Å²) in [6, 6.07) is 9.15. The van der Waals surface area contributed by atoms with Gasteiger partial charge >= 0.3 is 0 Å². The zero-order valence-corrected chi connectivity index (χ0v) is 25.6. The Labute approximate surface area is 254 Å². The minimum Gasteiger partial charge on any atom is -0.497 e. The lowest BCUT2D eigenvalue weighted by molar-refractivity contribution is -0.162. The fourth-order valence-corrected chi connectivity index (χ4v) is 8.97. The number of methoxy groups -OCH3 is 2. The molecule has 2 spiro atoms. The van der Waals surface area contributed by atoms with Crippen LogP contribution in [-0.4, -0.2) is 65.7 Å². The van der Waals surface area contributed by atoms with Crippen LogP contribution < -0.4 is 18.7 Å². The molecule has 0 N–H and O–H groups in total. The molecule has 230 valence electrons. The highest BCUT2D eigenvalue weighted by Gasteiger charge is 2.65. The van der Waals surface area contributed by atoms with Gasteiger partial charge in [-0.25, -0.2) is 26.5 Å². The van der Waals surface area contributed by atoms with Crippen molar-refractivity contribution < 1.29 is 31.1 Å². The van der Waals surface area contributed by atoms with E-state index in [9.17, 15) is 12.8 Å². The number of rotatable bonds is 8. The van der Waals surface area contributed by atoms with Gasteiger partial charge in [0.05, 0.1) is 26.5 Å². The quantitative estimate of drug-likeness (QED) is 0.239. The molecular weight excluding hydrogens is 605 g/mol. The number of sulfonamides is 1. The summed E-state index contributed by atoms with van der Waals surface area (Å²) in [5.41, 5.74) is 0.705. The molecule has 1 saturated carbocycles. The summed E-state index contributed by atoms with van der Waals surface area (Å²) < 4.78 is 85.5. The highest BCUT2D eigenvalue weighted by atomic mass is 35.5. The predicted octanol–water partition coefficient (Wildman–Crippen LogP) is 5.49.